The van der Waals surface area contributed by atoms with Gasteiger partial charge in [0.2, 0.25) is 0 Å². The smallest absolute Gasteiger partial charge is 0.283 e. The molecule has 0 aliphatic carbocycles. The largest absolute Gasteiger partial charge is 0.361 e. The first kappa shape index (κ1) is 13.6. The van der Waals surface area contributed by atoms with E-state index >= 15 is 0 Å². The summed E-state index contributed by atoms with van der Waals surface area (Å²) in [4.78, 5) is 22.6. The van der Waals surface area contributed by atoms with Crippen LogP contribution in [0.5, 0.6) is 0 Å². The van der Waals surface area contributed by atoms with Crippen molar-refractivity contribution in [3.8, 4) is 0 Å². The van der Waals surface area contributed by atoms with E-state index in [0.717, 1.165) is 0 Å². The lowest BCUT2D eigenvalue weighted by Crippen LogP contribution is -2.38. The van der Waals surface area contributed by atoms with E-state index in [-0.39, 0.29) is 11.6 Å². The van der Waals surface area contributed by atoms with E-state index in [1.54, 1.807) is 30.3 Å². The molecule has 7 heteroatoms. The van der Waals surface area contributed by atoms with Gasteiger partial charge in [-0.3, -0.25) is 14.9 Å². The van der Waals surface area contributed by atoms with E-state index < -0.39 is 11.1 Å². The zero-order valence-electron chi connectivity index (χ0n) is 10.7. The summed E-state index contributed by atoms with van der Waals surface area (Å²) in [6, 6.07) is 11.9. The van der Waals surface area contributed by atoms with Crippen molar-refractivity contribution in [2.75, 3.05) is 5.32 Å². The molecule has 106 valence electrons. The number of nitro groups is 1. The molecule has 1 aliphatic heterocycles. The molecule has 1 atom stereocenters. The molecule has 21 heavy (non-hydrogen) atoms. The molecule has 1 amide bonds. The molecule has 6 nitrogen and oxygen atoms in total. The molecule has 0 spiro atoms. The van der Waals surface area contributed by atoms with Crippen molar-refractivity contribution in [3.05, 3.63) is 68.2 Å². The molecular formula is C14H10BrN3O3. The fourth-order valence-electron chi connectivity index (χ4n) is 2.22. The van der Waals surface area contributed by atoms with Crippen molar-refractivity contribution < 1.29 is 9.72 Å². The Hall–Kier alpha value is -2.41. The molecule has 0 bridgehead atoms. The molecule has 0 saturated carbocycles. The van der Waals surface area contributed by atoms with Crippen LogP contribution < -0.4 is 10.6 Å². The summed E-state index contributed by atoms with van der Waals surface area (Å²) >= 11 is 3.14. The van der Waals surface area contributed by atoms with E-state index in [1.165, 1.54) is 6.07 Å². The van der Waals surface area contributed by atoms with E-state index in [2.05, 4.69) is 26.6 Å². The summed E-state index contributed by atoms with van der Waals surface area (Å²) in [7, 11) is 0. The quantitative estimate of drug-likeness (QED) is 0.645. The highest BCUT2D eigenvalue weighted by molar-refractivity contribution is 9.10. The summed E-state index contributed by atoms with van der Waals surface area (Å²) in [5, 5.41) is 16.9. The van der Waals surface area contributed by atoms with Gasteiger partial charge in [0, 0.05) is 17.3 Å². The number of para-hydroxylation sites is 1. The average molecular weight is 348 g/mol. The van der Waals surface area contributed by atoms with Gasteiger partial charge in [0.1, 0.15) is 6.17 Å². The van der Waals surface area contributed by atoms with Crippen LogP contribution in [0.1, 0.15) is 22.1 Å². The van der Waals surface area contributed by atoms with Gasteiger partial charge >= 0.3 is 0 Å². The second kappa shape index (κ2) is 5.17. The highest BCUT2D eigenvalue weighted by Gasteiger charge is 2.25. The summed E-state index contributed by atoms with van der Waals surface area (Å²) in [6.45, 7) is 0. The fraction of sp³-hybridized carbons (Fsp3) is 0.0714. The number of hydrogen-bond acceptors (Lipinski definition) is 4. The third-order valence-corrected chi connectivity index (χ3v) is 3.92. The lowest BCUT2D eigenvalue weighted by Gasteiger charge is -2.28. The van der Waals surface area contributed by atoms with Crippen molar-refractivity contribution in [3.63, 3.8) is 0 Å². The Morgan fingerprint density at radius 1 is 1.14 bits per heavy atom. The molecule has 2 aromatic rings. The molecule has 0 saturated heterocycles. The second-order valence-corrected chi connectivity index (χ2v) is 5.42. The Morgan fingerprint density at radius 2 is 1.90 bits per heavy atom. The first-order chi connectivity index (χ1) is 10.1. The average Bonchev–Trinajstić information content (AvgIpc) is 2.47. The Labute approximate surface area is 128 Å². The van der Waals surface area contributed by atoms with Gasteiger partial charge in [0.15, 0.2) is 0 Å². The number of benzene rings is 2. The predicted octanol–water partition coefficient (Wildman–Crippen LogP) is 3.21. The van der Waals surface area contributed by atoms with Crippen molar-refractivity contribution in [1.82, 2.24) is 5.32 Å². The van der Waals surface area contributed by atoms with Crippen LogP contribution in [-0.4, -0.2) is 10.8 Å². The number of carbonyl (C=O) groups is 1. The van der Waals surface area contributed by atoms with Crippen molar-refractivity contribution in [2.45, 2.75) is 6.17 Å². The van der Waals surface area contributed by atoms with Crippen LogP contribution in [0.4, 0.5) is 11.4 Å². The van der Waals surface area contributed by atoms with Crippen molar-refractivity contribution in [1.29, 1.82) is 0 Å². The summed E-state index contributed by atoms with van der Waals surface area (Å²) in [5.41, 5.74) is 1.84. The van der Waals surface area contributed by atoms with E-state index in [0.29, 0.717) is 21.3 Å². The number of nitrogens with one attached hydrogen (secondary N) is 2. The van der Waals surface area contributed by atoms with Crippen molar-refractivity contribution >= 4 is 33.2 Å². The number of halogens is 1. The minimum absolute atomic E-state index is 0.0394. The van der Waals surface area contributed by atoms with Gasteiger partial charge < -0.3 is 10.6 Å². The van der Waals surface area contributed by atoms with Gasteiger partial charge in [0.25, 0.3) is 11.6 Å². The number of fused-ring (bicyclic) bond motifs is 1. The number of rotatable bonds is 2. The van der Waals surface area contributed by atoms with Gasteiger partial charge in [-0.25, -0.2) is 0 Å². The maximum Gasteiger partial charge on any atom is 0.283 e. The molecule has 2 N–H and O–H groups in total. The molecular weight excluding hydrogens is 338 g/mol. The highest BCUT2D eigenvalue weighted by Crippen LogP contribution is 2.31. The SMILES string of the molecule is O=C1NC(c2ccc(Br)c([N+](=O)[O-])c2)Nc2ccccc21. The number of carbonyl (C=O) groups excluding carboxylic acids is 1. The van der Waals surface area contributed by atoms with Gasteiger partial charge in [0.05, 0.1) is 15.0 Å². The molecule has 3 rings (SSSR count). The van der Waals surface area contributed by atoms with E-state index in [1.807, 2.05) is 6.07 Å². The summed E-state index contributed by atoms with van der Waals surface area (Å²) < 4.78 is 0.402. The summed E-state index contributed by atoms with van der Waals surface area (Å²) in [5.74, 6) is -0.208. The third-order valence-electron chi connectivity index (χ3n) is 3.25. The standard InChI is InChI=1S/C14H10BrN3O3/c15-10-6-5-8(7-12(10)18(20)21)13-16-11-4-2-1-3-9(11)14(19)17-13/h1-7,13,16H,(H,17,19). The van der Waals surface area contributed by atoms with Gasteiger partial charge in [-0.1, -0.05) is 18.2 Å². The van der Waals surface area contributed by atoms with E-state index in [4.69, 9.17) is 0 Å². The normalized spacial score (nSPS) is 16.6. The molecule has 2 aromatic carbocycles. The first-order valence-electron chi connectivity index (χ1n) is 6.16. The first-order valence-corrected chi connectivity index (χ1v) is 6.96. The molecule has 1 unspecified atom stereocenters. The number of nitro benzene ring substituents is 1. The lowest BCUT2D eigenvalue weighted by molar-refractivity contribution is -0.385. The molecule has 1 heterocycles. The maximum atomic E-state index is 12.1. The predicted molar refractivity (Wildman–Crippen MR) is 81.1 cm³/mol. The maximum absolute atomic E-state index is 12.1. The lowest BCUT2D eigenvalue weighted by atomic mass is 10.1. The van der Waals surface area contributed by atoms with Crippen LogP contribution in [0.3, 0.4) is 0 Å². The Kier molecular flexibility index (Phi) is 3.34. The molecule has 0 fully saturated rings. The number of amides is 1. The number of hydrogen-bond donors (Lipinski definition) is 2. The van der Waals surface area contributed by atoms with Gasteiger partial charge in [-0.2, -0.15) is 0 Å². The Bertz CT molecular complexity index is 748. The minimum Gasteiger partial charge on any atom is -0.361 e. The van der Waals surface area contributed by atoms with Crippen LogP contribution in [0.15, 0.2) is 46.9 Å². The third kappa shape index (κ3) is 2.47. The monoisotopic (exact) mass is 347 g/mol. The minimum atomic E-state index is -0.501. The van der Waals surface area contributed by atoms with Crippen molar-refractivity contribution in [2.24, 2.45) is 0 Å². The topological polar surface area (TPSA) is 84.3 Å². The van der Waals surface area contributed by atoms with Crippen LogP contribution in [0, 0.1) is 10.1 Å². The van der Waals surface area contributed by atoms with Gasteiger partial charge in [-0.05, 0) is 34.1 Å². The van der Waals surface area contributed by atoms with Crippen LogP contribution in [0.2, 0.25) is 0 Å². The fourth-order valence-corrected chi connectivity index (χ4v) is 2.61. The number of anilines is 1. The molecule has 0 aromatic heterocycles. The highest BCUT2D eigenvalue weighted by atomic mass is 79.9. The Morgan fingerprint density at radius 3 is 2.67 bits per heavy atom. The molecule has 0 radical (unpaired) electrons. The molecule has 1 aliphatic rings. The van der Waals surface area contributed by atoms with Crippen LogP contribution >= 0.6 is 15.9 Å². The van der Waals surface area contributed by atoms with Gasteiger partial charge in [-0.15, -0.1) is 0 Å². The van der Waals surface area contributed by atoms with Crippen LogP contribution in [-0.2, 0) is 0 Å². The second-order valence-electron chi connectivity index (χ2n) is 4.56. The Balaban J connectivity index is 1.98. The summed E-state index contributed by atoms with van der Waals surface area (Å²) in [6.07, 6.45) is -0.501. The van der Waals surface area contributed by atoms with Crippen LogP contribution in [0.25, 0.3) is 0 Å². The number of nitrogens with zero attached hydrogens (tertiary/aromatic N) is 1. The van der Waals surface area contributed by atoms with E-state index in [9.17, 15) is 14.9 Å². The zero-order valence-corrected chi connectivity index (χ0v) is 12.3. The zero-order chi connectivity index (χ0) is 15.0.